The molecule has 5 rings (SSSR count). The van der Waals surface area contributed by atoms with Crippen LogP contribution in [0.1, 0.15) is 24.4 Å². The van der Waals surface area contributed by atoms with Crippen molar-refractivity contribution >= 4 is 22.8 Å². The molecule has 4 heterocycles. The Balaban J connectivity index is 1.42. The van der Waals surface area contributed by atoms with Crippen molar-refractivity contribution in [1.29, 1.82) is 0 Å². The lowest BCUT2D eigenvalue weighted by Crippen LogP contribution is -2.40. The number of likely N-dealkylation sites (tertiary alicyclic amines) is 1. The summed E-state index contributed by atoms with van der Waals surface area (Å²) in [4.78, 5) is 25.0. The number of benzene rings is 1. The van der Waals surface area contributed by atoms with Gasteiger partial charge in [0.05, 0.1) is 31.2 Å². The molecular weight excluding hydrogens is 442 g/mol. The number of carbonyl (C=O) groups is 1. The van der Waals surface area contributed by atoms with Crippen molar-refractivity contribution in [2.24, 2.45) is 0 Å². The number of aromatic nitrogens is 4. The summed E-state index contributed by atoms with van der Waals surface area (Å²) in [6.07, 6.45) is 4.61. The highest BCUT2D eigenvalue weighted by Crippen LogP contribution is 2.33. The van der Waals surface area contributed by atoms with Crippen LogP contribution in [0, 0.1) is 11.8 Å². The van der Waals surface area contributed by atoms with Gasteiger partial charge in [-0.05, 0) is 31.1 Å². The molecule has 35 heavy (non-hydrogen) atoms. The summed E-state index contributed by atoms with van der Waals surface area (Å²) in [5.74, 6) is 6.83. The second-order valence-electron chi connectivity index (χ2n) is 8.80. The molecule has 0 bridgehead atoms. The Morgan fingerprint density at radius 1 is 1.20 bits per heavy atom. The van der Waals surface area contributed by atoms with Crippen LogP contribution < -0.4 is 5.73 Å². The molecule has 2 fully saturated rings. The van der Waals surface area contributed by atoms with Gasteiger partial charge in [0.15, 0.2) is 5.65 Å². The maximum Gasteiger partial charge on any atom is 0.246 e. The summed E-state index contributed by atoms with van der Waals surface area (Å²) < 4.78 is 7.29. The molecule has 0 spiro atoms. The zero-order chi connectivity index (χ0) is 24.2. The molecule has 1 unspecified atom stereocenters. The number of carbonyl (C=O) groups excluding carboxylic acids is 1. The highest BCUT2D eigenvalue weighted by atomic mass is 16.5. The lowest BCUT2D eigenvalue weighted by Gasteiger charge is -2.32. The third kappa shape index (κ3) is 4.90. The molecule has 2 aliphatic heterocycles. The summed E-state index contributed by atoms with van der Waals surface area (Å²) in [6, 6.07) is 8.01. The molecule has 2 aliphatic rings. The second kappa shape index (κ2) is 10.3. The van der Waals surface area contributed by atoms with Crippen molar-refractivity contribution in [3.63, 3.8) is 0 Å². The van der Waals surface area contributed by atoms with Crippen molar-refractivity contribution in [2.45, 2.75) is 18.9 Å². The number of hydrogen-bond donors (Lipinski definition) is 1. The lowest BCUT2D eigenvalue weighted by molar-refractivity contribution is -0.127. The minimum absolute atomic E-state index is 0.00327. The molecule has 3 aromatic rings. The van der Waals surface area contributed by atoms with Crippen LogP contribution in [0.2, 0.25) is 0 Å². The molecule has 2 N–H and O–H groups in total. The lowest BCUT2D eigenvalue weighted by atomic mass is 10.1. The number of piperidine rings is 1. The Morgan fingerprint density at radius 2 is 2.00 bits per heavy atom. The zero-order valence-corrected chi connectivity index (χ0v) is 19.7. The first-order valence-electron chi connectivity index (χ1n) is 11.9. The average molecular weight is 472 g/mol. The molecule has 9 nitrogen and oxygen atoms in total. The van der Waals surface area contributed by atoms with Crippen LogP contribution in [-0.2, 0) is 9.53 Å². The first-order chi connectivity index (χ1) is 17.1. The van der Waals surface area contributed by atoms with Crippen LogP contribution in [0.4, 0.5) is 5.82 Å². The van der Waals surface area contributed by atoms with Crippen molar-refractivity contribution in [2.75, 3.05) is 51.7 Å². The van der Waals surface area contributed by atoms with E-state index in [1.54, 1.807) is 0 Å². The van der Waals surface area contributed by atoms with E-state index in [0.29, 0.717) is 18.0 Å². The third-order valence-corrected chi connectivity index (χ3v) is 6.54. The highest BCUT2D eigenvalue weighted by molar-refractivity contribution is 5.98. The van der Waals surface area contributed by atoms with Gasteiger partial charge < -0.3 is 15.4 Å². The van der Waals surface area contributed by atoms with E-state index in [-0.39, 0.29) is 11.9 Å². The van der Waals surface area contributed by atoms with Gasteiger partial charge >= 0.3 is 0 Å². The van der Waals surface area contributed by atoms with Crippen molar-refractivity contribution in [3.8, 4) is 23.1 Å². The number of fused-ring (bicyclic) bond motifs is 1. The number of nitrogen functional groups attached to an aromatic ring is 1. The number of anilines is 1. The number of hydrogen-bond acceptors (Lipinski definition) is 7. The zero-order valence-electron chi connectivity index (χ0n) is 19.7. The Hall–Kier alpha value is -3.74. The quantitative estimate of drug-likeness (QED) is 0.459. The summed E-state index contributed by atoms with van der Waals surface area (Å²) >= 11 is 0. The second-order valence-corrected chi connectivity index (χ2v) is 8.80. The number of amides is 1. The van der Waals surface area contributed by atoms with Gasteiger partial charge in [-0.3, -0.25) is 9.69 Å². The molecule has 0 saturated carbocycles. The van der Waals surface area contributed by atoms with E-state index in [1.165, 1.54) is 12.4 Å². The Bertz CT molecular complexity index is 1280. The Kier molecular flexibility index (Phi) is 6.75. The van der Waals surface area contributed by atoms with E-state index in [1.807, 2.05) is 33.8 Å². The van der Waals surface area contributed by atoms with E-state index in [4.69, 9.17) is 15.6 Å². The van der Waals surface area contributed by atoms with Crippen molar-refractivity contribution < 1.29 is 9.53 Å². The molecule has 1 aromatic carbocycles. The Labute approximate surface area is 204 Å². The van der Waals surface area contributed by atoms with Crippen LogP contribution in [0.25, 0.3) is 22.3 Å². The van der Waals surface area contributed by atoms with E-state index in [0.717, 1.165) is 74.4 Å². The maximum atomic E-state index is 12.2. The fourth-order valence-corrected chi connectivity index (χ4v) is 4.66. The molecule has 1 amide bonds. The molecule has 0 aliphatic carbocycles. The van der Waals surface area contributed by atoms with Gasteiger partial charge in [-0.15, -0.1) is 0 Å². The summed E-state index contributed by atoms with van der Waals surface area (Å²) in [5.41, 5.74) is 9.56. The summed E-state index contributed by atoms with van der Waals surface area (Å²) in [7, 11) is 0. The average Bonchev–Trinajstić information content (AvgIpc) is 3.30. The smallest absolute Gasteiger partial charge is 0.246 e. The van der Waals surface area contributed by atoms with Crippen LogP contribution >= 0.6 is 0 Å². The summed E-state index contributed by atoms with van der Waals surface area (Å²) in [5, 5.41) is 5.66. The largest absolute Gasteiger partial charge is 0.383 e. The van der Waals surface area contributed by atoms with Gasteiger partial charge in [-0.2, -0.15) is 5.10 Å². The SMILES string of the molecule is C=CC(=O)N1CCCC(n2nc(-c3ccc(C#CCN4CCOCC4)cc3)c3c(N)ncnc32)C1. The van der Waals surface area contributed by atoms with E-state index in [2.05, 4.69) is 33.3 Å². The molecule has 180 valence electrons. The predicted octanol–water partition coefficient (Wildman–Crippen LogP) is 2.11. The van der Waals surface area contributed by atoms with Crippen LogP contribution in [0.3, 0.4) is 0 Å². The summed E-state index contributed by atoms with van der Waals surface area (Å²) in [6.45, 7) is 9.03. The number of nitrogens with two attached hydrogens (primary N) is 1. The minimum Gasteiger partial charge on any atom is -0.383 e. The maximum absolute atomic E-state index is 12.2. The van der Waals surface area contributed by atoms with Crippen LogP contribution in [0.5, 0.6) is 0 Å². The van der Waals surface area contributed by atoms with Crippen molar-refractivity contribution in [3.05, 3.63) is 48.8 Å². The van der Waals surface area contributed by atoms with Gasteiger partial charge in [-0.25, -0.2) is 14.6 Å². The first kappa shape index (κ1) is 23.0. The molecular formula is C26H29N7O2. The molecule has 2 aromatic heterocycles. The Morgan fingerprint density at radius 3 is 2.77 bits per heavy atom. The standard InChI is InChI=1S/C26H29N7O2/c1-2-22(34)32-12-4-6-21(17-32)33-26-23(25(27)28-18-29-26)24(30-33)20-9-7-19(8-10-20)5-3-11-31-13-15-35-16-14-31/h2,7-10,18,21H,1,4,6,11-17H2,(H2,27,28,29). The number of nitrogens with zero attached hydrogens (tertiary/aromatic N) is 6. The van der Waals surface area contributed by atoms with Crippen LogP contribution in [0.15, 0.2) is 43.2 Å². The predicted molar refractivity (Wildman–Crippen MR) is 134 cm³/mol. The first-order valence-corrected chi connectivity index (χ1v) is 11.9. The number of ether oxygens (including phenoxy) is 1. The van der Waals surface area contributed by atoms with E-state index < -0.39 is 0 Å². The molecule has 9 heteroatoms. The monoisotopic (exact) mass is 471 g/mol. The third-order valence-electron chi connectivity index (χ3n) is 6.54. The number of rotatable bonds is 4. The molecule has 2 saturated heterocycles. The molecule has 0 radical (unpaired) electrons. The van der Waals surface area contributed by atoms with Gasteiger partial charge in [0.1, 0.15) is 17.8 Å². The van der Waals surface area contributed by atoms with Gasteiger partial charge in [0.2, 0.25) is 5.91 Å². The minimum atomic E-state index is -0.0640. The van der Waals surface area contributed by atoms with E-state index >= 15 is 0 Å². The van der Waals surface area contributed by atoms with Gasteiger partial charge in [-0.1, -0.05) is 30.6 Å². The normalized spacial score (nSPS) is 18.7. The van der Waals surface area contributed by atoms with Crippen LogP contribution in [-0.4, -0.2) is 81.4 Å². The topological polar surface area (TPSA) is 102 Å². The molecule has 1 atom stereocenters. The van der Waals surface area contributed by atoms with Gasteiger partial charge in [0, 0.05) is 37.3 Å². The fraction of sp³-hybridized carbons (Fsp3) is 0.385. The number of morpholine rings is 1. The van der Waals surface area contributed by atoms with E-state index in [9.17, 15) is 4.79 Å². The van der Waals surface area contributed by atoms with Crippen molar-refractivity contribution in [1.82, 2.24) is 29.5 Å². The fourth-order valence-electron chi connectivity index (χ4n) is 4.66. The van der Waals surface area contributed by atoms with Gasteiger partial charge in [0.25, 0.3) is 0 Å². The highest BCUT2D eigenvalue weighted by Gasteiger charge is 2.28.